The number of nitrogens with zero attached hydrogens (tertiary/aromatic N) is 3. The van der Waals surface area contributed by atoms with Crippen LogP contribution in [-0.2, 0) is 16.4 Å². The van der Waals surface area contributed by atoms with Crippen molar-refractivity contribution in [1.29, 1.82) is 5.41 Å². The van der Waals surface area contributed by atoms with Crippen LogP contribution in [0, 0.1) is 11.2 Å². The van der Waals surface area contributed by atoms with Crippen LogP contribution in [0.1, 0.15) is 17.7 Å². The van der Waals surface area contributed by atoms with E-state index in [1.165, 1.54) is 0 Å². The number of halogens is 4. The Morgan fingerprint density at radius 1 is 1.31 bits per heavy atom. The molecule has 0 saturated carbocycles. The van der Waals surface area contributed by atoms with Crippen molar-refractivity contribution in [3.63, 3.8) is 0 Å². The molecule has 0 bridgehead atoms. The van der Waals surface area contributed by atoms with Crippen LogP contribution in [0.2, 0.25) is 0 Å². The summed E-state index contributed by atoms with van der Waals surface area (Å²) in [5, 5.41) is 32.2. The molecular formula is C13H15F4N7O4S. The Hall–Kier alpha value is -2.82. The maximum absolute atomic E-state index is 13.4. The van der Waals surface area contributed by atoms with Crippen LogP contribution >= 0.6 is 0 Å². The summed E-state index contributed by atoms with van der Waals surface area (Å²) in [6.45, 7) is 0.114. The summed E-state index contributed by atoms with van der Waals surface area (Å²) in [6.07, 6.45) is -4.76. The van der Waals surface area contributed by atoms with Gasteiger partial charge in [-0.3, -0.25) is 10.6 Å². The van der Waals surface area contributed by atoms with Gasteiger partial charge in [-0.05, 0) is 34.9 Å². The lowest BCUT2D eigenvalue weighted by Crippen LogP contribution is -2.32. The molecule has 1 heterocycles. The zero-order chi connectivity index (χ0) is 21.8. The van der Waals surface area contributed by atoms with Crippen molar-refractivity contribution in [3.05, 3.63) is 35.3 Å². The molecule has 0 fully saturated rings. The lowest BCUT2D eigenvalue weighted by atomic mass is 10.1. The van der Waals surface area contributed by atoms with Crippen molar-refractivity contribution in [2.75, 3.05) is 23.5 Å². The molecule has 1 aromatic heterocycles. The second-order valence-corrected chi connectivity index (χ2v) is 6.88. The van der Waals surface area contributed by atoms with E-state index >= 15 is 0 Å². The van der Waals surface area contributed by atoms with Gasteiger partial charge in [-0.25, -0.2) is 23.9 Å². The second kappa shape index (κ2) is 8.68. The third-order valence-corrected chi connectivity index (χ3v) is 3.98. The zero-order valence-electron chi connectivity index (χ0n) is 14.4. The van der Waals surface area contributed by atoms with Crippen molar-refractivity contribution >= 4 is 27.6 Å². The van der Waals surface area contributed by atoms with Crippen LogP contribution in [-0.4, -0.2) is 42.9 Å². The van der Waals surface area contributed by atoms with E-state index in [0.29, 0.717) is 12.1 Å². The number of benzene rings is 1. The number of hydroxylamine groups is 1. The monoisotopic (exact) mass is 441 g/mol. The molecule has 0 saturated heterocycles. The minimum absolute atomic E-state index is 0.00812. The van der Waals surface area contributed by atoms with Crippen LogP contribution < -0.4 is 20.2 Å². The number of rotatable bonds is 8. The lowest BCUT2D eigenvalue weighted by molar-refractivity contribution is -0.139. The molecule has 0 atom stereocenters. The molecule has 2 rings (SSSR count). The number of hydrogen-bond donors (Lipinski definition) is 5. The molecule has 160 valence electrons. The minimum Gasteiger partial charge on any atom is -0.365 e. The molecule has 16 heteroatoms. The largest absolute Gasteiger partial charge is 0.419 e. The fourth-order valence-corrected chi connectivity index (χ4v) is 2.49. The topological polar surface area (TPSA) is 170 Å². The smallest absolute Gasteiger partial charge is 0.365 e. The highest BCUT2D eigenvalue weighted by atomic mass is 32.2. The Kier molecular flexibility index (Phi) is 6.73. The summed E-state index contributed by atoms with van der Waals surface area (Å²) in [4.78, 5) is 0. The summed E-state index contributed by atoms with van der Waals surface area (Å²) >= 11 is 0. The predicted molar refractivity (Wildman–Crippen MR) is 91.0 cm³/mol. The molecule has 0 spiro atoms. The van der Waals surface area contributed by atoms with Gasteiger partial charge in [0.05, 0.1) is 11.3 Å². The molecular weight excluding hydrogens is 426 g/mol. The lowest BCUT2D eigenvalue weighted by Gasteiger charge is -2.18. The number of anilines is 2. The van der Waals surface area contributed by atoms with E-state index in [9.17, 15) is 31.2 Å². The summed E-state index contributed by atoms with van der Waals surface area (Å²) in [7, 11) is -3.84. The van der Waals surface area contributed by atoms with Gasteiger partial charge in [-0.15, -0.1) is 0 Å². The molecule has 0 radical (unpaired) electrons. The Morgan fingerprint density at radius 3 is 2.62 bits per heavy atom. The van der Waals surface area contributed by atoms with E-state index in [4.69, 9.17) is 10.5 Å². The quantitative estimate of drug-likeness (QED) is 0.133. The van der Waals surface area contributed by atoms with Gasteiger partial charge in [-0.1, -0.05) is 0 Å². The highest BCUT2D eigenvalue weighted by Crippen LogP contribution is 2.34. The molecule has 0 aliphatic heterocycles. The van der Waals surface area contributed by atoms with Crippen LogP contribution in [0.3, 0.4) is 0 Å². The predicted octanol–water partition coefficient (Wildman–Crippen LogP) is 1.04. The first-order chi connectivity index (χ1) is 13.4. The van der Waals surface area contributed by atoms with E-state index in [1.54, 1.807) is 0 Å². The summed E-state index contributed by atoms with van der Waals surface area (Å²) < 4.78 is 79.8. The Bertz CT molecular complexity index is 980. The molecule has 6 N–H and O–H groups in total. The van der Waals surface area contributed by atoms with Gasteiger partial charge in [0.25, 0.3) is 10.2 Å². The van der Waals surface area contributed by atoms with Crippen molar-refractivity contribution in [3.8, 4) is 0 Å². The van der Waals surface area contributed by atoms with Gasteiger partial charge in [0.2, 0.25) is 5.82 Å². The van der Waals surface area contributed by atoms with E-state index in [1.807, 2.05) is 4.72 Å². The average Bonchev–Trinajstić information content (AvgIpc) is 3.07. The number of alkyl halides is 3. The highest BCUT2D eigenvalue weighted by molar-refractivity contribution is 7.87. The SMILES string of the molecule is N=C(c1nonc1NCCCNS(N)(=O)=O)N(O)c1ccc(F)c(C(F)(F)F)c1. The van der Waals surface area contributed by atoms with Gasteiger partial charge >= 0.3 is 6.18 Å². The van der Waals surface area contributed by atoms with Gasteiger partial charge in [0.1, 0.15) is 5.82 Å². The number of nitrogens with one attached hydrogen (secondary N) is 3. The second-order valence-electron chi connectivity index (χ2n) is 5.50. The molecule has 0 aliphatic carbocycles. The number of amidine groups is 1. The van der Waals surface area contributed by atoms with E-state index in [2.05, 4.69) is 20.3 Å². The third kappa shape index (κ3) is 6.08. The molecule has 0 unspecified atom stereocenters. The normalized spacial score (nSPS) is 12.1. The molecule has 0 aliphatic rings. The first-order valence-electron chi connectivity index (χ1n) is 7.68. The molecule has 0 amide bonds. The molecule has 11 nitrogen and oxygen atoms in total. The maximum atomic E-state index is 13.4. The Labute approximate surface area is 161 Å². The van der Waals surface area contributed by atoms with Crippen molar-refractivity contribution in [2.45, 2.75) is 12.6 Å². The van der Waals surface area contributed by atoms with E-state index in [-0.39, 0.29) is 36.1 Å². The van der Waals surface area contributed by atoms with Gasteiger partial charge in [0.15, 0.2) is 11.5 Å². The minimum atomic E-state index is -5.00. The average molecular weight is 441 g/mol. The van der Waals surface area contributed by atoms with Crippen molar-refractivity contribution < 1.29 is 35.8 Å². The molecule has 29 heavy (non-hydrogen) atoms. The summed E-state index contributed by atoms with van der Waals surface area (Å²) in [6, 6.07) is 1.65. The van der Waals surface area contributed by atoms with Crippen LogP contribution in [0.25, 0.3) is 0 Å². The van der Waals surface area contributed by atoms with Gasteiger partial charge in [-0.2, -0.15) is 21.6 Å². The fourth-order valence-electron chi connectivity index (χ4n) is 2.06. The van der Waals surface area contributed by atoms with Crippen LogP contribution in [0.4, 0.5) is 29.1 Å². The highest BCUT2D eigenvalue weighted by Gasteiger charge is 2.35. The molecule has 1 aromatic carbocycles. The number of hydrogen-bond acceptors (Lipinski definition) is 8. The van der Waals surface area contributed by atoms with Crippen LogP contribution in [0.5, 0.6) is 0 Å². The zero-order valence-corrected chi connectivity index (χ0v) is 15.2. The van der Waals surface area contributed by atoms with Crippen LogP contribution in [0.15, 0.2) is 22.8 Å². The van der Waals surface area contributed by atoms with E-state index in [0.717, 1.165) is 6.07 Å². The van der Waals surface area contributed by atoms with Crippen molar-refractivity contribution in [1.82, 2.24) is 15.0 Å². The first kappa shape index (κ1) is 22.5. The third-order valence-electron chi connectivity index (χ3n) is 3.37. The van der Waals surface area contributed by atoms with Crippen molar-refractivity contribution in [2.24, 2.45) is 5.14 Å². The number of nitrogens with two attached hydrogens (primary N) is 1. The summed E-state index contributed by atoms with van der Waals surface area (Å²) in [5.41, 5.74) is -2.53. The maximum Gasteiger partial charge on any atom is 0.419 e. The standard InChI is InChI=1S/C13H15F4N7O4S/c14-9-3-2-7(6-8(9)13(15,16)17)24(25)11(18)10-12(23-28-22-10)20-4-1-5-21-29(19,26)27/h2-3,6,18,21,25H,1,4-5H2,(H,20,23)(H2,19,26,27). The summed E-state index contributed by atoms with van der Waals surface area (Å²) in [5.74, 6) is -2.49. The van der Waals surface area contributed by atoms with E-state index < -0.39 is 39.3 Å². The fraction of sp³-hybridized carbons (Fsp3) is 0.308. The van der Waals surface area contributed by atoms with Gasteiger partial charge in [0, 0.05) is 13.1 Å². The number of aromatic nitrogens is 2. The first-order valence-corrected chi connectivity index (χ1v) is 9.23. The Balaban J connectivity index is 2.09. The van der Waals surface area contributed by atoms with Gasteiger partial charge < -0.3 is 5.32 Å². The molecule has 2 aromatic rings. The Morgan fingerprint density at radius 2 is 2.00 bits per heavy atom.